The number of amides is 1. The van der Waals surface area contributed by atoms with Crippen LogP contribution in [0.4, 0.5) is 0 Å². The second-order valence-corrected chi connectivity index (χ2v) is 2.62. The molecule has 0 heterocycles. The van der Waals surface area contributed by atoms with Gasteiger partial charge in [-0.25, -0.2) is 0 Å². The van der Waals surface area contributed by atoms with Gasteiger partial charge in [-0.1, -0.05) is 6.58 Å². The molecular formula is C7H13NO2. The first-order chi connectivity index (χ1) is 4.62. The van der Waals surface area contributed by atoms with Gasteiger partial charge in [0, 0.05) is 0 Å². The Kier molecular flexibility index (Phi) is 3.54. The Bertz CT molecular complexity index is 121. The van der Waals surface area contributed by atoms with Crippen LogP contribution in [0, 0.1) is 0 Å². The summed E-state index contributed by atoms with van der Waals surface area (Å²) in [7, 11) is 0. The summed E-state index contributed by atoms with van der Waals surface area (Å²) in [4.78, 5) is 9.99. The highest BCUT2D eigenvalue weighted by Crippen LogP contribution is 2.00. The summed E-state index contributed by atoms with van der Waals surface area (Å²) in [6.45, 7) is 7.56. The van der Waals surface area contributed by atoms with Crippen LogP contribution in [0.15, 0.2) is 12.8 Å². The molecule has 0 aromatic carbocycles. The molecule has 0 radical (unpaired) electrons. The molecule has 0 saturated carbocycles. The van der Waals surface area contributed by atoms with E-state index in [2.05, 4.69) is 11.9 Å². The van der Waals surface area contributed by atoms with Gasteiger partial charge in [0.2, 0.25) is 6.41 Å². The van der Waals surface area contributed by atoms with Crippen molar-refractivity contribution in [3.63, 3.8) is 0 Å². The molecule has 0 fully saturated rings. The molecule has 0 saturated heterocycles. The molecule has 0 spiro atoms. The van der Waals surface area contributed by atoms with E-state index >= 15 is 0 Å². The van der Waals surface area contributed by atoms with Crippen LogP contribution in [0.3, 0.4) is 0 Å². The molecule has 0 aliphatic carbocycles. The fourth-order valence-electron chi connectivity index (χ4n) is 0.468. The molecule has 10 heavy (non-hydrogen) atoms. The van der Waals surface area contributed by atoms with Crippen LogP contribution in [0.25, 0.3) is 0 Å². The van der Waals surface area contributed by atoms with Crippen LogP contribution in [0.2, 0.25) is 0 Å². The van der Waals surface area contributed by atoms with Gasteiger partial charge in [-0.2, -0.15) is 0 Å². The zero-order valence-corrected chi connectivity index (χ0v) is 6.39. The number of hydrogen-bond acceptors (Lipinski definition) is 2. The lowest BCUT2D eigenvalue weighted by Gasteiger charge is -2.22. The van der Waals surface area contributed by atoms with Crippen molar-refractivity contribution in [2.24, 2.45) is 0 Å². The number of nitrogens with one attached hydrogen (secondary N) is 1. The normalized spacial score (nSPS) is 10.2. The molecule has 0 atom stereocenters. The summed E-state index contributed by atoms with van der Waals surface area (Å²) < 4.78 is 4.89. The predicted molar refractivity (Wildman–Crippen MR) is 39.4 cm³/mol. The van der Waals surface area contributed by atoms with Crippen LogP contribution in [-0.4, -0.2) is 18.6 Å². The van der Waals surface area contributed by atoms with Crippen LogP contribution in [0.5, 0.6) is 0 Å². The molecule has 1 N–H and O–H groups in total. The van der Waals surface area contributed by atoms with Crippen molar-refractivity contribution >= 4 is 6.41 Å². The fourth-order valence-corrected chi connectivity index (χ4v) is 0.468. The topological polar surface area (TPSA) is 38.3 Å². The van der Waals surface area contributed by atoms with E-state index in [4.69, 9.17) is 4.74 Å². The third kappa shape index (κ3) is 3.95. The first-order valence-corrected chi connectivity index (χ1v) is 3.06. The molecule has 0 aliphatic rings. The Morgan fingerprint density at radius 1 is 1.70 bits per heavy atom. The lowest BCUT2D eigenvalue weighted by atomic mass is 10.1. The van der Waals surface area contributed by atoms with Gasteiger partial charge in [0.15, 0.2) is 0 Å². The second-order valence-electron chi connectivity index (χ2n) is 2.62. The SMILES string of the molecule is C=COCC(C)(C)NC=O. The lowest BCUT2D eigenvalue weighted by molar-refractivity contribution is -0.111. The first-order valence-electron chi connectivity index (χ1n) is 3.06. The van der Waals surface area contributed by atoms with E-state index in [9.17, 15) is 4.79 Å². The Hall–Kier alpha value is -0.990. The van der Waals surface area contributed by atoms with Crippen molar-refractivity contribution in [3.8, 4) is 0 Å². The zero-order valence-electron chi connectivity index (χ0n) is 6.39. The number of carbonyl (C=O) groups excluding carboxylic acids is 1. The molecular weight excluding hydrogens is 130 g/mol. The monoisotopic (exact) mass is 143 g/mol. The summed E-state index contributed by atoms with van der Waals surface area (Å²) in [5, 5.41) is 2.60. The van der Waals surface area contributed by atoms with Gasteiger partial charge in [-0.15, -0.1) is 0 Å². The van der Waals surface area contributed by atoms with E-state index < -0.39 is 0 Å². The highest BCUT2D eigenvalue weighted by atomic mass is 16.5. The van der Waals surface area contributed by atoms with Crippen molar-refractivity contribution in [3.05, 3.63) is 12.8 Å². The van der Waals surface area contributed by atoms with Crippen LogP contribution < -0.4 is 5.32 Å². The average molecular weight is 143 g/mol. The van der Waals surface area contributed by atoms with Crippen LogP contribution >= 0.6 is 0 Å². The molecule has 3 heteroatoms. The van der Waals surface area contributed by atoms with E-state index in [0.717, 1.165) is 0 Å². The molecule has 0 aliphatic heterocycles. The average Bonchev–Trinajstić information content (AvgIpc) is 1.84. The molecule has 1 amide bonds. The lowest BCUT2D eigenvalue weighted by Crippen LogP contribution is -2.42. The molecule has 0 rings (SSSR count). The molecule has 0 aromatic rings. The smallest absolute Gasteiger partial charge is 0.207 e. The van der Waals surface area contributed by atoms with Crippen LogP contribution in [-0.2, 0) is 9.53 Å². The van der Waals surface area contributed by atoms with Crippen molar-refractivity contribution < 1.29 is 9.53 Å². The Morgan fingerprint density at radius 2 is 2.30 bits per heavy atom. The van der Waals surface area contributed by atoms with E-state index in [1.165, 1.54) is 6.26 Å². The number of ether oxygens (including phenoxy) is 1. The van der Waals surface area contributed by atoms with E-state index in [-0.39, 0.29) is 5.54 Å². The maximum absolute atomic E-state index is 9.99. The summed E-state index contributed by atoms with van der Waals surface area (Å²) in [6, 6.07) is 0. The minimum atomic E-state index is -0.310. The van der Waals surface area contributed by atoms with E-state index in [0.29, 0.717) is 13.0 Å². The summed E-state index contributed by atoms with van der Waals surface area (Å²) in [5.74, 6) is 0. The van der Waals surface area contributed by atoms with Crippen molar-refractivity contribution in [1.82, 2.24) is 5.32 Å². The third-order valence-electron chi connectivity index (χ3n) is 1.01. The van der Waals surface area contributed by atoms with Crippen molar-refractivity contribution in [2.45, 2.75) is 19.4 Å². The van der Waals surface area contributed by atoms with Gasteiger partial charge in [-0.3, -0.25) is 4.79 Å². The van der Waals surface area contributed by atoms with Gasteiger partial charge in [0.1, 0.15) is 6.61 Å². The number of rotatable bonds is 5. The van der Waals surface area contributed by atoms with Gasteiger partial charge < -0.3 is 10.1 Å². The van der Waals surface area contributed by atoms with Gasteiger partial charge in [-0.05, 0) is 13.8 Å². The Balaban J connectivity index is 3.61. The Morgan fingerprint density at radius 3 is 2.70 bits per heavy atom. The minimum Gasteiger partial charge on any atom is -0.499 e. The predicted octanol–water partition coefficient (Wildman–Crippen LogP) is 0.671. The van der Waals surface area contributed by atoms with Crippen molar-refractivity contribution in [1.29, 1.82) is 0 Å². The van der Waals surface area contributed by atoms with Gasteiger partial charge >= 0.3 is 0 Å². The first kappa shape index (κ1) is 9.01. The standard InChI is InChI=1S/C7H13NO2/c1-4-10-5-7(2,3)8-6-9/h4,6H,1,5H2,2-3H3,(H,8,9). The number of hydrogen-bond donors (Lipinski definition) is 1. The molecule has 0 bridgehead atoms. The molecule has 58 valence electrons. The fraction of sp³-hybridized carbons (Fsp3) is 0.571. The zero-order chi connectivity index (χ0) is 8.04. The van der Waals surface area contributed by atoms with E-state index in [1.54, 1.807) is 0 Å². The van der Waals surface area contributed by atoms with Gasteiger partial charge in [0.05, 0.1) is 11.8 Å². The number of carbonyl (C=O) groups is 1. The Labute approximate surface area is 61.1 Å². The van der Waals surface area contributed by atoms with E-state index in [1.807, 2.05) is 13.8 Å². The summed E-state index contributed by atoms with van der Waals surface area (Å²) >= 11 is 0. The summed E-state index contributed by atoms with van der Waals surface area (Å²) in [6.07, 6.45) is 2.01. The molecule has 0 unspecified atom stereocenters. The highest BCUT2D eigenvalue weighted by molar-refractivity contribution is 5.47. The maximum Gasteiger partial charge on any atom is 0.207 e. The third-order valence-corrected chi connectivity index (χ3v) is 1.01. The maximum atomic E-state index is 9.99. The van der Waals surface area contributed by atoms with Gasteiger partial charge in [0.25, 0.3) is 0 Å². The van der Waals surface area contributed by atoms with Crippen molar-refractivity contribution in [2.75, 3.05) is 6.61 Å². The second kappa shape index (κ2) is 3.93. The molecule has 3 nitrogen and oxygen atoms in total. The molecule has 0 aromatic heterocycles. The van der Waals surface area contributed by atoms with Crippen LogP contribution in [0.1, 0.15) is 13.8 Å². The highest BCUT2D eigenvalue weighted by Gasteiger charge is 2.15. The summed E-state index contributed by atoms with van der Waals surface area (Å²) in [5.41, 5.74) is -0.310. The largest absolute Gasteiger partial charge is 0.499 e. The quantitative estimate of drug-likeness (QED) is 0.454. The minimum absolute atomic E-state index is 0.310.